The lowest BCUT2D eigenvalue weighted by molar-refractivity contribution is -0.172. The molecule has 0 amide bonds. The fraction of sp³-hybridized carbons (Fsp3) is 0.417. The van der Waals surface area contributed by atoms with Crippen LogP contribution in [0.15, 0.2) is 24.3 Å². The monoisotopic (exact) mass is 234 g/mol. The van der Waals surface area contributed by atoms with E-state index < -0.39 is 17.6 Å². The lowest BCUT2D eigenvalue weighted by Crippen LogP contribution is -2.58. The minimum absolute atomic E-state index is 0.144. The van der Waals surface area contributed by atoms with Crippen molar-refractivity contribution in [3.8, 4) is 0 Å². The van der Waals surface area contributed by atoms with Crippen LogP contribution in [-0.2, 0) is 15.1 Å². The Bertz CT molecular complexity index is 477. The molecule has 90 valence electrons. The highest BCUT2D eigenvalue weighted by molar-refractivity contribution is 5.74. The molecule has 5 nitrogen and oxygen atoms in total. The number of aliphatic carboxylic acids is 1. The molecule has 2 aliphatic heterocycles. The Balaban J connectivity index is 1.94. The van der Waals surface area contributed by atoms with Gasteiger partial charge in [-0.15, -0.1) is 0 Å². The average Bonchev–Trinajstić information content (AvgIpc) is 2.51. The minimum atomic E-state index is -0.988. The standard InChI is InChI=1S/C12H14N2O3/c13-8(11(15)16)5-12-7-3-1-2-4-9(7)14-10(12)6-17-12/h1-4,8,10,14H,5-6,13H2,(H,15,16)/t8-,10-,12+/m0/s1. The third kappa shape index (κ3) is 1.36. The lowest BCUT2D eigenvalue weighted by Gasteiger charge is -2.45. The van der Waals surface area contributed by atoms with Gasteiger partial charge in [-0.05, 0) is 6.07 Å². The van der Waals surface area contributed by atoms with Crippen molar-refractivity contribution in [1.29, 1.82) is 0 Å². The van der Waals surface area contributed by atoms with Crippen molar-refractivity contribution in [3.63, 3.8) is 0 Å². The van der Waals surface area contributed by atoms with Crippen molar-refractivity contribution in [3.05, 3.63) is 29.8 Å². The molecule has 4 N–H and O–H groups in total. The van der Waals surface area contributed by atoms with Crippen LogP contribution in [0.5, 0.6) is 0 Å². The summed E-state index contributed by atoms with van der Waals surface area (Å²) in [5, 5.41) is 12.3. The summed E-state index contributed by atoms with van der Waals surface area (Å²) >= 11 is 0. The Hall–Kier alpha value is -1.59. The van der Waals surface area contributed by atoms with Crippen LogP contribution in [-0.4, -0.2) is 29.8 Å². The van der Waals surface area contributed by atoms with Crippen LogP contribution in [0.25, 0.3) is 0 Å². The van der Waals surface area contributed by atoms with Gasteiger partial charge in [-0.25, -0.2) is 0 Å². The predicted octanol–water partition coefficient (Wildman–Crippen LogP) is 0.508. The number of fused-ring (bicyclic) bond motifs is 3. The first-order valence-electron chi connectivity index (χ1n) is 5.62. The number of benzene rings is 1. The van der Waals surface area contributed by atoms with Gasteiger partial charge >= 0.3 is 5.97 Å². The second kappa shape index (κ2) is 3.45. The van der Waals surface area contributed by atoms with Gasteiger partial charge in [-0.2, -0.15) is 0 Å². The van der Waals surface area contributed by atoms with E-state index in [1.165, 1.54) is 0 Å². The van der Waals surface area contributed by atoms with Crippen LogP contribution in [0, 0.1) is 0 Å². The summed E-state index contributed by atoms with van der Waals surface area (Å²) in [6, 6.07) is 7.07. The zero-order valence-corrected chi connectivity index (χ0v) is 9.22. The zero-order chi connectivity index (χ0) is 12.0. The maximum atomic E-state index is 10.9. The number of carbonyl (C=O) groups is 1. The van der Waals surface area contributed by atoms with Crippen LogP contribution >= 0.6 is 0 Å². The van der Waals surface area contributed by atoms with Crippen LogP contribution in [0.1, 0.15) is 12.0 Å². The number of anilines is 1. The van der Waals surface area contributed by atoms with Gasteiger partial charge in [-0.1, -0.05) is 18.2 Å². The van der Waals surface area contributed by atoms with E-state index >= 15 is 0 Å². The van der Waals surface area contributed by atoms with E-state index in [-0.39, 0.29) is 6.04 Å². The fourth-order valence-electron chi connectivity index (χ4n) is 2.68. The molecular formula is C12H14N2O3. The Morgan fingerprint density at radius 2 is 2.41 bits per heavy atom. The summed E-state index contributed by atoms with van der Waals surface area (Å²) in [4.78, 5) is 10.9. The number of carboxylic acids is 1. The molecule has 1 aromatic rings. The predicted molar refractivity (Wildman–Crippen MR) is 61.7 cm³/mol. The normalized spacial score (nSPS) is 30.8. The highest BCUT2D eigenvalue weighted by Crippen LogP contribution is 2.50. The van der Waals surface area contributed by atoms with Crippen LogP contribution in [0.4, 0.5) is 5.69 Å². The van der Waals surface area contributed by atoms with E-state index in [1.807, 2.05) is 24.3 Å². The van der Waals surface area contributed by atoms with Gasteiger partial charge in [0.15, 0.2) is 0 Å². The van der Waals surface area contributed by atoms with Crippen molar-refractivity contribution in [2.24, 2.45) is 5.73 Å². The molecule has 0 radical (unpaired) electrons. The van der Waals surface area contributed by atoms with Gasteiger partial charge in [0.2, 0.25) is 0 Å². The maximum absolute atomic E-state index is 10.9. The molecule has 0 aliphatic carbocycles. The van der Waals surface area contributed by atoms with E-state index in [1.54, 1.807) is 0 Å². The number of rotatable bonds is 3. The van der Waals surface area contributed by atoms with Gasteiger partial charge in [0, 0.05) is 17.7 Å². The van der Waals surface area contributed by atoms with Crippen LogP contribution < -0.4 is 11.1 Å². The topological polar surface area (TPSA) is 84.6 Å². The number of carboxylic acid groups (broad SMARTS) is 1. The third-order valence-electron chi connectivity index (χ3n) is 3.62. The number of nitrogens with two attached hydrogens (primary N) is 1. The van der Waals surface area contributed by atoms with Gasteiger partial charge in [-0.3, -0.25) is 4.79 Å². The molecule has 1 fully saturated rings. The molecule has 1 saturated heterocycles. The SMILES string of the molecule is N[C@@H](C[C@]12OC[C@@H]1Nc1ccccc12)C(=O)O. The van der Waals surface area contributed by atoms with Crippen molar-refractivity contribution in [1.82, 2.24) is 0 Å². The zero-order valence-electron chi connectivity index (χ0n) is 9.22. The molecule has 0 saturated carbocycles. The molecule has 2 heterocycles. The van der Waals surface area contributed by atoms with E-state index in [0.29, 0.717) is 13.0 Å². The quantitative estimate of drug-likeness (QED) is 0.709. The van der Waals surface area contributed by atoms with Gasteiger partial charge in [0.25, 0.3) is 0 Å². The molecule has 0 aromatic heterocycles. The van der Waals surface area contributed by atoms with E-state index in [0.717, 1.165) is 11.3 Å². The summed E-state index contributed by atoms with van der Waals surface area (Å²) in [5.74, 6) is -0.988. The first kappa shape index (κ1) is 10.6. The fourth-order valence-corrected chi connectivity index (χ4v) is 2.68. The smallest absolute Gasteiger partial charge is 0.320 e. The van der Waals surface area contributed by atoms with Gasteiger partial charge in [0.05, 0.1) is 12.6 Å². The number of para-hydroxylation sites is 1. The Labute approximate surface area is 98.6 Å². The highest BCUT2D eigenvalue weighted by Gasteiger charge is 2.56. The minimum Gasteiger partial charge on any atom is -0.480 e. The molecule has 3 atom stereocenters. The molecule has 17 heavy (non-hydrogen) atoms. The molecule has 3 rings (SSSR count). The van der Waals surface area contributed by atoms with E-state index in [2.05, 4.69) is 5.32 Å². The van der Waals surface area contributed by atoms with Crippen LogP contribution in [0.3, 0.4) is 0 Å². The number of hydrogen-bond donors (Lipinski definition) is 3. The average molecular weight is 234 g/mol. The second-order valence-electron chi connectivity index (χ2n) is 4.59. The summed E-state index contributed by atoms with van der Waals surface area (Å²) in [7, 11) is 0. The first-order chi connectivity index (χ1) is 8.13. The lowest BCUT2D eigenvalue weighted by atomic mass is 9.80. The van der Waals surface area contributed by atoms with Crippen molar-refractivity contribution in [2.75, 3.05) is 11.9 Å². The number of hydrogen-bond acceptors (Lipinski definition) is 4. The van der Waals surface area contributed by atoms with Gasteiger partial charge in [0.1, 0.15) is 11.6 Å². The molecule has 0 spiro atoms. The van der Waals surface area contributed by atoms with Crippen LogP contribution in [0.2, 0.25) is 0 Å². The van der Waals surface area contributed by atoms with Crippen molar-refractivity contribution < 1.29 is 14.6 Å². The summed E-state index contributed by atoms with van der Waals surface area (Å²) in [5.41, 5.74) is 7.12. The highest BCUT2D eigenvalue weighted by atomic mass is 16.5. The van der Waals surface area contributed by atoms with E-state index in [9.17, 15) is 4.79 Å². The van der Waals surface area contributed by atoms with Crippen molar-refractivity contribution in [2.45, 2.75) is 24.1 Å². The first-order valence-corrected chi connectivity index (χ1v) is 5.62. The molecule has 0 bridgehead atoms. The number of nitrogens with one attached hydrogen (secondary N) is 1. The molecular weight excluding hydrogens is 220 g/mol. The summed E-state index contributed by atoms with van der Waals surface area (Å²) in [6.07, 6.45) is 0.303. The molecule has 2 aliphatic rings. The molecule has 5 heteroatoms. The largest absolute Gasteiger partial charge is 0.480 e. The third-order valence-corrected chi connectivity index (χ3v) is 3.62. The molecule has 1 aromatic carbocycles. The van der Waals surface area contributed by atoms with Gasteiger partial charge < -0.3 is 20.9 Å². The Kier molecular flexibility index (Phi) is 2.14. The molecule has 0 unspecified atom stereocenters. The van der Waals surface area contributed by atoms with E-state index in [4.69, 9.17) is 15.6 Å². The second-order valence-corrected chi connectivity index (χ2v) is 4.59. The Morgan fingerprint density at radius 3 is 3.06 bits per heavy atom. The number of ether oxygens (including phenoxy) is 1. The van der Waals surface area contributed by atoms with Crippen molar-refractivity contribution >= 4 is 11.7 Å². The summed E-state index contributed by atoms with van der Waals surface area (Å²) < 4.78 is 5.68. The summed E-state index contributed by atoms with van der Waals surface area (Å²) in [6.45, 7) is 0.598. The maximum Gasteiger partial charge on any atom is 0.320 e. The Morgan fingerprint density at radius 1 is 1.65 bits per heavy atom.